The topological polar surface area (TPSA) is 35.5 Å². The molecule has 1 aromatic carbocycles. The fourth-order valence-electron chi connectivity index (χ4n) is 2.67. The molecule has 0 radical (unpaired) electrons. The number of hydrogen-bond acceptors (Lipinski definition) is 3. The van der Waals surface area contributed by atoms with Gasteiger partial charge in [-0.3, -0.25) is 0 Å². The van der Waals surface area contributed by atoms with Gasteiger partial charge in [0.25, 0.3) is 0 Å². The number of halogens is 1. The Kier molecular flexibility index (Phi) is 5.08. The quantitative estimate of drug-likeness (QED) is 0.872. The van der Waals surface area contributed by atoms with E-state index in [0.29, 0.717) is 5.92 Å². The molecule has 1 heterocycles. The molecule has 19 heavy (non-hydrogen) atoms. The summed E-state index contributed by atoms with van der Waals surface area (Å²) in [6, 6.07) is 6.08. The SMILES string of the molecule is CCNCc1c(Cl)cccc1N1CCC(C(C)O)C1. The molecule has 2 unspecified atom stereocenters. The molecule has 3 nitrogen and oxygen atoms in total. The number of hydrogen-bond donors (Lipinski definition) is 2. The van der Waals surface area contributed by atoms with Crippen molar-refractivity contribution in [2.75, 3.05) is 24.5 Å². The summed E-state index contributed by atoms with van der Waals surface area (Å²) in [6.07, 6.45) is 0.812. The average molecular weight is 283 g/mol. The molecule has 4 heteroatoms. The molecule has 1 aliphatic rings. The van der Waals surface area contributed by atoms with Crippen molar-refractivity contribution in [3.05, 3.63) is 28.8 Å². The molecule has 0 amide bonds. The molecule has 1 aromatic rings. The van der Waals surface area contributed by atoms with Gasteiger partial charge in [-0.15, -0.1) is 0 Å². The van der Waals surface area contributed by atoms with Crippen molar-refractivity contribution in [1.29, 1.82) is 0 Å². The molecular formula is C15H23ClN2O. The van der Waals surface area contributed by atoms with E-state index in [-0.39, 0.29) is 6.10 Å². The van der Waals surface area contributed by atoms with Crippen LogP contribution in [0.2, 0.25) is 5.02 Å². The third kappa shape index (κ3) is 3.41. The number of aliphatic hydroxyl groups excluding tert-OH is 1. The molecule has 0 aliphatic carbocycles. The Morgan fingerprint density at radius 2 is 2.32 bits per heavy atom. The molecule has 1 aliphatic heterocycles. The molecule has 2 atom stereocenters. The molecule has 0 saturated carbocycles. The van der Waals surface area contributed by atoms with Gasteiger partial charge in [0.05, 0.1) is 6.10 Å². The molecule has 0 bridgehead atoms. The minimum Gasteiger partial charge on any atom is -0.393 e. The van der Waals surface area contributed by atoms with Gasteiger partial charge in [-0.25, -0.2) is 0 Å². The smallest absolute Gasteiger partial charge is 0.0557 e. The standard InChI is InChI=1S/C15H23ClN2O/c1-3-17-9-13-14(16)5-4-6-15(13)18-8-7-12(10-18)11(2)19/h4-6,11-12,17,19H,3,7-10H2,1-2H3. The summed E-state index contributed by atoms with van der Waals surface area (Å²) in [5.41, 5.74) is 2.37. The van der Waals surface area contributed by atoms with Crippen LogP contribution in [0.15, 0.2) is 18.2 Å². The Labute approximate surface area is 120 Å². The first-order valence-electron chi connectivity index (χ1n) is 7.04. The van der Waals surface area contributed by atoms with Crippen LogP contribution < -0.4 is 10.2 Å². The molecule has 106 valence electrons. The third-order valence-corrected chi connectivity index (χ3v) is 4.25. The van der Waals surface area contributed by atoms with E-state index in [9.17, 15) is 5.11 Å². The minimum atomic E-state index is -0.235. The van der Waals surface area contributed by atoms with E-state index < -0.39 is 0 Å². The van der Waals surface area contributed by atoms with Gasteiger partial charge in [0.2, 0.25) is 0 Å². The second-order valence-corrected chi connectivity index (χ2v) is 5.66. The van der Waals surface area contributed by atoms with Crippen molar-refractivity contribution in [2.45, 2.75) is 32.9 Å². The van der Waals surface area contributed by atoms with E-state index in [2.05, 4.69) is 23.2 Å². The Bertz CT molecular complexity index is 423. The highest BCUT2D eigenvalue weighted by Crippen LogP contribution is 2.32. The van der Waals surface area contributed by atoms with Gasteiger partial charge in [-0.1, -0.05) is 24.6 Å². The monoisotopic (exact) mass is 282 g/mol. The summed E-state index contributed by atoms with van der Waals surface area (Å²) in [7, 11) is 0. The van der Waals surface area contributed by atoms with Crippen molar-refractivity contribution in [3.8, 4) is 0 Å². The van der Waals surface area contributed by atoms with Gasteiger partial charge in [0, 0.05) is 41.8 Å². The summed E-state index contributed by atoms with van der Waals surface area (Å²) in [4.78, 5) is 2.34. The number of nitrogens with one attached hydrogen (secondary N) is 1. The summed E-state index contributed by atoms with van der Waals surface area (Å²) in [5, 5.41) is 13.9. The minimum absolute atomic E-state index is 0.235. The highest BCUT2D eigenvalue weighted by molar-refractivity contribution is 6.31. The predicted molar refractivity (Wildman–Crippen MR) is 80.8 cm³/mol. The van der Waals surface area contributed by atoms with E-state index in [0.717, 1.165) is 43.2 Å². The molecule has 1 saturated heterocycles. The zero-order valence-corrected chi connectivity index (χ0v) is 12.5. The summed E-state index contributed by atoms with van der Waals surface area (Å²) in [5.74, 6) is 0.367. The van der Waals surface area contributed by atoms with E-state index in [1.54, 1.807) is 0 Å². The van der Waals surface area contributed by atoms with Crippen LogP contribution in [0.1, 0.15) is 25.8 Å². The Morgan fingerprint density at radius 1 is 1.53 bits per heavy atom. The number of benzene rings is 1. The van der Waals surface area contributed by atoms with Gasteiger partial charge < -0.3 is 15.3 Å². The zero-order valence-electron chi connectivity index (χ0n) is 11.7. The number of anilines is 1. The third-order valence-electron chi connectivity index (χ3n) is 3.89. The summed E-state index contributed by atoms with van der Waals surface area (Å²) in [6.45, 7) is 7.61. The van der Waals surface area contributed by atoms with Crippen LogP contribution in [0.5, 0.6) is 0 Å². The largest absolute Gasteiger partial charge is 0.393 e. The van der Waals surface area contributed by atoms with Crippen molar-refractivity contribution in [2.24, 2.45) is 5.92 Å². The Morgan fingerprint density at radius 3 is 2.95 bits per heavy atom. The molecule has 0 spiro atoms. The lowest BCUT2D eigenvalue weighted by molar-refractivity contribution is 0.136. The number of aliphatic hydroxyl groups is 1. The number of rotatable bonds is 5. The van der Waals surface area contributed by atoms with Gasteiger partial charge >= 0.3 is 0 Å². The molecule has 2 rings (SSSR count). The fraction of sp³-hybridized carbons (Fsp3) is 0.600. The van der Waals surface area contributed by atoms with Crippen LogP contribution in [0, 0.1) is 5.92 Å². The highest BCUT2D eigenvalue weighted by Gasteiger charge is 2.27. The van der Waals surface area contributed by atoms with Crippen LogP contribution in [0.3, 0.4) is 0 Å². The fourth-order valence-corrected chi connectivity index (χ4v) is 2.90. The first-order valence-corrected chi connectivity index (χ1v) is 7.42. The van der Waals surface area contributed by atoms with Crippen molar-refractivity contribution < 1.29 is 5.11 Å². The van der Waals surface area contributed by atoms with Crippen molar-refractivity contribution >= 4 is 17.3 Å². The van der Waals surface area contributed by atoms with Crippen LogP contribution >= 0.6 is 11.6 Å². The lowest BCUT2D eigenvalue weighted by Gasteiger charge is -2.23. The zero-order chi connectivity index (χ0) is 13.8. The Balaban J connectivity index is 2.18. The number of nitrogens with zero attached hydrogens (tertiary/aromatic N) is 1. The normalized spacial score (nSPS) is 20.8. The maximum absolute atomic E-state index is 9.72. The van der Waals surface area contributed by atoms with E-state index >= 15 is 0 Å². The molecular weight excluding hydrogens is 260 g/mol. The molecule has 1 fully saturated rings. The first-order chi connectivity index (χ1) is 9.13. The van der Waals surface area contributed by atoms with Gasteiger partial charge in [0.1, 0.15) is 0 Å². The van der Waals surface area contributed by atoms with Crippen LogP contribution in [-0.2, 0) is 6.54 Å². The lowest BCUT2D eigenvalue weighted by Crippen LogP contribution is -2.25. The van der Waals surface area contributed by atoms with Crippen molar-refractivity contribution in [3.63, 3.8) is 0 Å². The molecule has 2 N–H and O–H groups in total. The van der Waals surface area contributed by atoms with E-state index in [1.807, 2.05) is 19.1 Å². The second-order valence-electron chi connectivity index (χ2n) is 5.25. The average Bonchev–Trinajstić information content (AvgIpc) is 2.86. The maximum atomic E-state index is 9.72. The summed E-state index contributed by atoms with van der Waals surface area (Å²) >= 11 is 6.33. The summed E-state index contributed by atoms with van der Waals surface area (Å²) < 4.78 is 0. The van der Waals surface area contributed by atoms with Crippen LogP contribution in [-0.4, -0.2) is 30.8 Å². The lowest BCUT2D eigenvalue weighted by atomic mass is 10.0. The van der Waals surface area contributed by atoms with E-state index in [1.165, 1.54) is 5.69 Å². The van der Waals surface area contributed by atoms with Crippen LogP contribution in [0.25, 0.3) is 0 Å². The van der Waals surface area contributed by atoms with Gasteiger partial charge in [0.15, 0.2) is 0 Å². The second kappa shape index (κ2) is 6.60. The highest BCUT2D eigenvalue weighted by atomic mass is 35.5. The van der Waals surface area contributed by atoms with Crippen LogP contribution in [0.4, 0.5) is 5.69 Å². The van der Waals surface area contributed by atoms with Crippen molar-refractivity contribution in [1.82, 2.24) is 5.32 Å². The van der Waals surface area contributed by atoms with Gasteiger partial charge in [-0.2, -0.15) is 0 Å². The predicted octanol–water partition coefficient (Wildman–Crippen LogP) is 2.66. The first kappa shape index (κ1) is 14.6. The maximum Gasteiger partial charge on any atom is 0.0557 e. The Hall–Kier alpha value is -0.770. The molecule has 0 aromatic heterocycles. The van der Waals surface area contributed by atoms with E-state index in [4.69, 9.17) is 11.6 Å². The van der Waals surface area contributed by atoms with Gasteiger partial charge in [-0.05, 0) is 32.0 Å².